The average molecular weight is 593 g/mol. The predicted octanol–water partition coefficient (Wildman–Crippen LogP) is 12.2. The molecule has 0 N–H and O–H groups in total. The van der Waals surface area contributed by atoms with Gasteiger partial charge in [0.2, 0.25) is 0 Å². The minimum atomic E-state index is -0.260. The second-order valence-corrected chi connectivity index (χ2v) is 12.6. The Morgan fingerprint density at radius 2 is 1.20 bits per heavy atom. The van der Waals surface area contributed by atoms with Crippen LogP contribution >= 0.6 is 0 Å². The van der Waals surface area contributed by atoms with E-state index in [1.807, 2.05) is 6.07 Å². The molecule has 3 heteroatoms. The molecule has 7 aromatic rings. The van der Waals surface area contributed by atoms with Crippen molar-refractivity contribution in [3.8, 4) is 22.6 Å². The van der Waals surface area contributed by atoms with E-state index in [0.29, 0.717) is 0 Å². The standard InChI is InChI=1S/C43H32N2O/c1-43(2)35-17-11-21-41-42(35)45(39-18-8-9-20-40(39)46-41)38-27-26-33(28-36(38)43)44(37-19-10-15-31-14-6-7-16-34(31)37)32-24-22-30(23-25-32)29-12-4-3-5-13-29/h3-28H,1-2H3. The molecule has 0 spiro atoms. The molecule has 2 aliphatic rings. The molecule has 0 unspecified atom stereocenters. The highest BCUT2D eigenvalue weighted by Gasteiger charge is 2.41. The second kappa shape index (κ2) is 10.1. The number of para-hydroxylation sites is 3. The Morgan fingerprint density at radius 3 is 2.07 bits per heavy atom. The fourth-order valence-corrected chi connectivity index (χ4v) is 7.32. The molecule has 220 valence electrons. The molecule has 0 saturated heterocycles. The van der Waals surface area contributed by atoms with E-state index in [2.05, 4.69) is 175 Å². The van der Waals surface area contributed by atoms with E-state index in [1.165, 1.54) is 38.7 Å². The molecule has 2 heterocycles. The van der Waals surface area contributed by atoms with Crippen molar-refractivity contribution in [1.82, 2.24) is 0 Å². The van der Waals surface area contributed by atoms with E-state index in [4.69, 9.17) is 4.74 Å². The highest BCUT2D eigenvalue weighted by atomic mass is 16.5. The van der Waals surface area contributed by atoms with Crippen LogP contribution in [0.5, 0.6) is 11.5 Å². The van der Waals surface area contributed by atoms with Gasteiger partial charge in [-0.1, -0.05) is 117 Å². The lowest BCUT2D eigenvalue weighted by atomic mass is 9.73. The fourth-order valence-electron chi connectivity index (χ4n) is 7.32. The van der Waals surface area contributed by atoms with Crippen molar-refractivity contribution in [2.45, 2.75) is 19.3 Å². The first-order valence-corrected chi connectivity index (χ1v) is 15.9. The summed E-state index contributed by atoms with van der Waals surface area (Å²) >= 11 is 0. The van der Waals surface area contributed by atoms with Gasteiger partial charge in [0.1, 0.15) is 0 Å². The summed E-state index contributed by atoms with van der Waals surface area (Å²) in [5.74, 6) is 1.77. The summed E-state index contributed by atoms with van der Waals surface area (Å²) in [6, 6.07) is 56.5. The van der Waals surface area contributed by atoms with E-state index in [-0.39, 0.29) is 5.41 Å². The molecule has 0 amide bonds. The van der Waals surface area contributed by atoms with Crippen LogP contribution in [0.25, 0.3) is 21.9 Å². The van der Waals surface area contributed by atoms with Crippen molar-refractivity contribution in [1.29, 1.82) is 0 Å². The first-order valence-electron chi connectivity index (χ1n) is 15.9. The summed E-state index contributed by atoms with van der Waals surface area (Å²) < 4.78 is 6.44. The molecule has 7 aromatic carbocycles. The number of anilines is 6. The van der Waals surface area contributed by atoms with Gasteiger partial charge >= 0.3 is 0 Å². The largest absolute Gasteiger partial charge is 0.453 e. The zero-order valence-electron chi connectivity index (χ0n) is 25.8. The lowest BCUT2D eigenvalue weighted by Gasteiger charge is -2.45. The molecule has 0 atom stereocenters. The lowest BCUT2D eigenvalue weighted by molar-refractivity contribution is 0.471. The van der Waals surface area contributed by atoms with Gasteiger partial charge in [-0.05, 0) is 82.2 Å². The number of hydrogen-bond donors (Lipinski definition) is 0. The van der Waals surface area contributed by atoms with Crippen molar-refractivity contribution in [2.24, 2.45) is 0 Å². The quantitative estimate of drug-likeness (QED) is 0.202. The number of fused-ring (bicyclic) bond motifs is 5. The normalized spacial score (nSPS) is 13.7. The first kappa shape index (κ1) is 26.6. The first-order chi connectivity index (χ1) is 22.6. The van der Waals surface area contributed by atoms with Crippen LogP contribution in [-0.2, 0) is 5.41 Å². The Kier molecular flexibility index (Phi) is 5.85. The molecule has 9 rings (SSSR count). The van der Waals surface area contributed by atoms with Crippen molar-refractivity contribution in [3.05, 3.63) is 169 Å². The fraction of sp³-hybridized carbons (Fsp3) is 0.0698. The van der Waals surface area contributed by atoms with Gasteiger partial charge in [-0.15, -0.1) is 0 Å². The molecule has 0 fully saturated rings. The third kappa shape index (κ3) is 3.98. The maximum atomic E-state index is 6.44. The zero-order valence-corrected chi connectivity index (χ0v) is 25.8. The minimum absolute atomic E-state index is 0.260. The van der Waals surface area contributed by atoms with Crippen LogP contribution in [0.3, 0.4) is 0 Å². The maximum absolute atomic E-state index is 6.44. The third-order valence-electron chi connectivity index (χ3n) is 9.61. The van der Waals surface area contributed by atoms with Crippen LogP contribution < -0.4 is 14.5 Å². The lowest BCUT2D eigenvalue weighted by Crippen LogP contribution is -2.32. The Bertz CT molecular complexity index is 2270. The minimum Gasteiger partial charge on any atom is -0.453 e. The molecular weight excluding hydrogens is 560 g/mol. The maximum Gasteiger partial charge on any atom is 0.151 e. The number of rotatable bonds is 4. The summed E-state index contributed by atoms with van der Waals surface area (Å²) in [5, 5.41) is 2.43. The van der Waals surface area contributed by atoms with Gasteiger partial charge in [0.05, 0.1) is 22.7 Å². The topological polar surface area (TPSA) is 15.7 Å². The van der Waals surface area contributed by atoms with Crippen LogP contribution in [0.15, 0.2) is 158 Å². The number of hydrogen-bond acceptors (Lipinski definition) is 3. The van der Waals surface area contributed by atoms with Crippen LogP contribution in [0.4, 0.5) is 34.1 Å². The summed E-state index contributed by atoms with van der Waals surface area (Å²) in [6.07, 6.45) is 0. The van der Waals surface area contributed by atoms with Gasteiger partial charge in [0.15, 0.2) is 11.5 Å². The van der Waals surface area contributed by atoms with Crippen LogP contribution in [-0.4, -0.2) is 0 Å². The number of nitrogens with zero attached hydrogens (tertiary/aromatic N) is 2. The van der Waals surface area contributed by atoms with Gasteiger partial charge in [0, 0.05) is 22.2 Å². The number of ether oxygens (including phenoxy) is 1. The molecule has 0 aromatic heterocycles. The molecule has 3 nitrogen and oxygen atoms in total. The van der Waals surface area contributed by atoms with Gasteiger partial charge in [-0.3, -0.25) is 0 Å². The summed E-state index contributed by atoms with van der Waals surface area (Å²) in [6.45, 7) is 4.67. The van der Waals surface area contributed by atoms with Crippen molar-refractivity contribution >= 4 is 44.9 Å². The Hall–Kier alpha value is -5.80. The van der Waals surface area contributed by atoms with Crippen LogP contribution in [0.1, 0.15) is 25.0 Å². The zero-order chi connectivity index (χ0) is 30.8. The Labute approximate surface area is 269 Å². The van der Waals surface area contributed by atoms with Crippen molar-refractivity contribution in [3.63, 3.8) is 0 Å². The molecule has 0 radical (unpaired) electrons. The average Bonchev–Trinajstić information content (AvgIpc) is 3.11. The van der Waals surface area contributed by atoms with E-state index >= 15 is 0 Å². The molecular formula is C43H32N2O. The van der Waals surface area contributed by atoms with E-state index < -0.39 is 0 Å². The predicted molar refractivity (Wildman–Crippen MR) is 191 cm³/mol. The van der Waals surface area contributed by atoms with E-state index in [9.17, 15) is 0 Å². The second-order valence-electron chi connectivity index (χ2n) is 12.6. The monoisotopic (exact) mass is 592 g/mol. The van der Waals surface area contributed by atoms with Gasteiger partial charge in [0.25, 0.3) is 0 Å². The summed E-state index contributed by atoms with van der Waals surface area (Å²) in [7, 11) is 0. The highest BCUT2D eigenvalue weighted by Crippen LogP contribution is 2.60. The SMILES string of the molecule is CC1(C)c2cc(N(c3ccc(-c4ccccc4)cc3)c3cccc4ccccc34)ccc2N2c3ccccc3Oc3cccc1c32. The smallest absolute Gasteiger partial charge is 0.151 e. The molecule has 0 aliphatic carbocycles. The molecule has 0 bridgehead atoms. The summed E-state index contributed by atoms with van der Waals surface area (Å²) in [4.78, 5) is 4.80. The van der Waals surface area contributed by atoms with Crippen LogP contribution in [0, 0.1) is 0 Å². The van der Waals surface area contributed by atoms with Crippen molar-refractivity contribution in [2.75, 3.05) is 9.80 Å². The van der Waals surface area contributed by atoms with Gasteiger partial charge < -0.3 is 14.5 Å². The van der Waals surface area contributed by atoms with E-state index in [1.54, 1.807) is 0 Å². The molecule has 46 heavy (non-hydrogen) atoms. The van der Waals surface area contributed by atoms with E-state index in [0.717, 1.165) is 39.9 Å². The molecule has 0 saturated carbocycles. The van der Waals surface area contributed by atoms with Crippen molar-refractivity contribution < 1.29 is 4.74 Å². The van der Waals surface area contributed by atoms with Crippen LogP contribution in [0.2, 0.25) is 0 Å². The number of benzene rings is 7. The highest BCUT2D eigenvalue weighted by molar-refractivity contribution is 6.00. The Balaban J connectivity index is 1.26. The Morgan fingerprint density at radius 1 is 0.522 bits per heavy atom. The van der Waals surface area contributed by atoms with Gasteiger partial charge in [-0.2, -0.15) is 0 Å². The molecule has 2 aliphatic heterocycles. The third-order valence-corrected chi connectivity index (χ3v) is 9.61. The summed E-state index contributed by atoms with van der Waals surface area (Å²) in [5.41, 5.74) is 11.5. The van der Waals surface area contributed by atoms with Gasteiger partial charge in [-0.25, -0.2) is 0 Å².